The Labute approximate surface area is 132 Å². The number of unbranched alkanes of at least 4 members (excludes halogenated alkanes) is 2. The zero-order valence-electron chi connectivity index (χ0n) is 13.2. The third-order valence-corrected chi connectivity index (χ3v) is 3.38. The number of nitrogens with zero attached hydrogens (tertiary/aromatic N) is 1. The smallest absolute Gasteiger partial charge is 0.274 e. The number of anilines is 2. The fourth-order valence-electron chi connectivity index (χ4n) is 2.19. The van der Waals surface area contributed by atoms with E-state index in [2.05, 4.69) is 22.5 Å². The molecular weight excluding hydrogens is 274 g/mol. The molecule has 4 heteroatoms. The van der Waals surface area contributed by atoms with Gasteiger partial charge >= 0.3 is 0 Å². The van der Waals surface area contributed by atoms with E-state index in [1.165, 1.54) is 12.8 Å². The monoisotopic (exact) mass is 297 g/mol. The summed E-state index contributed by atoms with van der Waals surface area (Å²) < 4.78 is 0. The van der Waals surface area contributed by atoms with Crippen molar-refractivity contribution in [2.45, 2.75) is 33.1 Å². The molecule has 2 aromatic rings. The molecule has 0 unspecified atom stereocenters. The molecule has 0 saturated heterocycles. The van der Waals surface area contributed by atoms with Gasteiger partial charge in [0.15, 0.2) is 0 Å². The van der Waals surface area contributed by atoms with E-state index in [9.17, 15) is 4.79 Å². The number of amides is 1. The SMILES string of the molecule is CCCCCNc1ccnc(C(=O)Nc2cccc(C)c2)c1. The molecule has 0 aliphatic rings. The van der Waals surface area contributed by atoms with Gasteiger partial charge < -0.3 is 10.6 Å². The van der Waals surface area contributed by atoms with E-state index in [1.54, 1.807) is 12.3 Å². The molecule has 0 saturated carbocycles. The molecule has 0 aliphatic heterocycles. The summed E-state index contributed by atoms with van der Waals surface area (Å²) in [5.74, 6) is -0.192. The van der Waals surface area contributed by atoms with Crippen molar-refractivity contribution in [3.8, 4) is 0 Å². The average Bonchev–Trinajstić information content (AvgIpc) is 2.52. The lowest BCUT2D eigenvalue weighted by Gasteiger charge is -2.08. The molecular formula is C18H23N3O. The van der Waals surface area contributed by atoms with Crippen LogP contribution in [0.5, 0.6) is 0 Å². The lowest BCUT2D eigenvalue weighted by atomic mass is 10.2. The van der Waals surface area contributed by atoms with Crippen LogP contribution in [0.4, 0.5) is 11.4 Å². The molecule has 2 rings (SSSR count). The van der Waals surface area contributed by atoms with E-state index in [0.29, 0.717) is 5.69 Å². The number of carbonyl (C=O) groups excluding carboxylic acids is 1. The van der Waals surface area contributed by atoms with Crippen LogP contribution in [0.1, 0.15) is 42.2 Å². The van der Waals surface area contributed by atoms with Gasteiger partial charge in [0.05, 0.1) is 0 Å². The summed E-state index contributed by atoms with van der Waals surface area (Å²) in [5, 5.41) is 6.20. The molecule has 1 amide bonds. The fourth-order valence-corrected chi connectivity index (χ4v) is 2.19. The Morgan fingerprint density at radius 3 is 2.77 bits per heavy atom. The van der Waals surface area contributed by atoms with Gasteiger partial charge in [-0.2, -0.15) is 0 Å². The maximum absolute atomic E-state index is 12.3. The lowest BCUT2D eigenvalue weighted by molar-refractivity contribution is 0.102. The highest BCUT2D eigenvalue weighted by Gasteiger charge is 2.08. The van der Waals surface area contributed by atoms with Crippen LogP contribution in [0.3, 0.4) is 0 Å². The van der Waals surface area contributed by atoms with Crippen molar-refractivity contribution < 1.29 is 4.79 Å². The Bertz CT molecular complexity index is 625. The van der Waals surface area contributed by atoms with Gasteiger partial charge in [0.2, 0.25) is 0 Å². The number of aromatic nitrogens is 1. The van der Waals surface area contributed by atoms with E-state index < -0.39 is 0 Å². The molecule has 0 atom stereocenters. The minimum absolute atomic E-state index is 0.192. The number of aryl methyl sites for hydroxylation is 1. The van der Waals surface area contributed by atoms with E-state index in [0.717, 1.165) is 29.9 Å². The second kappa shape index (κ2) is 8.17. The molecule has 22 heavy (non-hydrogen) atoms. The molecule has 0 bridgehead atoms. The summed E-state index contributed by atoms with van der Waals surface area (Å²) in [4.78, 5) is 16.4. The molecule has 1 aromatic heterocycles. The molecule has 2 N–H and O–H groups in total. The minimum Gasteiger partial charge on any atom is -0.385 e. The Morgan fingerprint density at radius 2 is 2.00 bits per heavy atom. The van der Waals surface area contributed by atoms with Gasteiger partial charge in [-0.15, -0.1) is 0 Å². The zero-order valence-corrected chi connectivity index (χ0v) is 13.2. The van der Waals surface area contributed by atoms with E-state index in [1.807, 2.05) is 37.3 Å². The van der Waals surface area contributed by atoms with Gasteiger partial charge in [-0.05, 0) is 43.2 Å². The van der Waals surface area contributed by atoms with Crippen LogP contribution in [0.2, 0.25) is 0 Å². The highest BCUT2D eigenvalue weighted by molar-refractivity contribution is 6.03. The van der Waals surface area contributed by atoms with Crippen molar-refractivity contribution in [3.63, 3.8) is 0 Å². The Kier molecular flexibility index (Phi) is 5.95. The standard InChI is InChI=1S/C18H23N3O/c1-3-4-5-10-19-15-9-11-20-17(13-15)18(22)21-16-8-6-7-14(2)12-16/h6-9,11-13H,3-5,10H2,1-2H3,(H,19,20)(H,21,22). The number of rotatable bonds is 7. The molecule has 1 aromatic carbocycles. The summed E-state index contributed by atoms with van der Waals surface area (Å²) in [6.45, 7) is 5.09. The lowest BCUT2D eigenvalue weighted by Crippen LogP contribution is -2.14. The third-order valence-electron chi connectivity index (χ3n) is 3.38. The number of benzene rings is 1. The molecule has 4 nitrogen and oxygen atoms in total. The molecule has 0 fully saturated rings. The predicted octanol–water partition coefficient (Wildman–Crippen LogP) is 4.24. The normalized spacial score (nSPS) is 10.3. The highest BCUT2D eigenvalue weighted by Crippen LogP contribution is 2.13. The summed E-state index contributed by atoms with van der Waals surface area (Å²) in [5.41, 5.74) is 3.24. The van der Waals surface area contributed by atoms with E-state index in [-0.39, 0.29) is 5.91 Å². The minimum atomic E-state index is -0.192. The summed E-state index contributed by atoms with van der Waals surface area (Å²) in [6.07, 6.45) is 5.19. The Balaban J connectivity index is 1.97. The highest BCUT2D eigenvalue weighted by atomic mass is 16.1. The van der Waals surface area contributed by atoms with Crippen molar-refractivity contribution >= 4 is 17.3 Å². The second-order valence-corrected chi connectivity index (χ2v) is 5.39. The van der Waals surface area contributed by atoms with Crippen molar-refractivity contribution in [3.05, 3.63) is 53.9 Å². The van der Waals surface area contributed by atoms with Crippen LogP contribution in [0.15, 0.2) is 42.6 Å². The molecule has 0 aliphatic carbocycles. The maximum atomic E-state index is 12.3. The van der Waals surface area contributed by atoms with Crippen molar-refractivity contribution in [2.75, 3.05) is 17.2 Å². The first-order chi connectivity index (χ1) is 10.7. The quantitative estimate of drug-likeness (QED) is 0.751. The second-order valence-electron chi connectivity index (χ2n) is 5.39. The van der Waals surface area contributed by atoms with Crippen LogP contribution in [-0.2, 0) is 0 Å². The average molecular weight is 297 g/mol. The Hall–Kier alpha value is -2.36. The van der Waals surface area contributed by atoms with Crippen molar-refractivity contribution in [2.24, 2.45) is 0 Å². The zero-order chi connectivity index (χ0) is 15.8. The van der Waals surface area contributed by atoms with Crippen molar-refractivity contribution in [1.29, 1.82) is 0 Å². The summed E-state index contributed by atoms with van der Waals surface area (Å²) >= 11 is 0. The van der Waals surface area contributed by atoms with E-state index in [4.69, 9.17) is 0 Å². The van der Waals surface area contributed by atoms with Gasteiger partial charge in [0, 0.05) is 24.1 Å². The van der Waals surface area contributed by atoms with Gasteiger partial charge in [-0.1, -0.05) is 31.9 Å². The third kappa shape index (κ3) is 4.88. The van der Waals surface area contributed by atoms with Gasteiger partial charge in [0.1, 0.15) is 5.69 Å². The molecule has 116 valence electrons. The molecule has 0 radical (unpaired) electrons. The number of carbonyl (C=O) groups is 1. The number of nitrogens with one attached hydrogen (secondary N) is 2. The maximum Gasteiger partial charge on any atom is 0.274 e. The topological polar surface area (TPSA) is 54.0 Å². The van der Waals surface area contributed by atoms with Crippen LogP contribution in [0, 0.1) is 6.92 Å². The fraction of sp³-hybridized carbons (Fsp3) is 0.333. The Morgan fingerprint density at radius 1 is 1.14 bits per heavy atom. The largest absolute Gasteiger partial charge is 0.385 e. The first-order valence-corrected chi connectivity index (χ1v) is 7.77. The number of hydrogen-bond donors (Lipinski definition) is 2. The number of pyridine rings is 1. The van der Waals surface area contributed by atoms with E-state index >= 15 is 0 Å². The number of hydrogen-bond acceptors (Lipinski definition) is 3. The van der Waals surface area contributed by atoms with Gasteiger partial charge in [0.25, 0.3) is 5.91 Å². The van der Waals surface area contributed by atoms with Crippen LogP contribution < -0.4 is 10.6 Å². The molecule has 0 spiro atoms. The molecule has 1 heterocycles. The van der Waals surface area contributed by atoms with Crippen LogP contribution in [-0.4, -0.2) is 17.4 Å². The van der Waals surface area contributed by atoms with Gasteiger partial charge in [-0.25, -0.2) is 0 Å². The predicted molar refractivity (Wildman–Crippen MR) is 91.4 cm³/mol. The van der Waals surface area contributed by atoms with Gasteiger partial charge in [-0.3, -0.25) is 9.78 Å². The first kappa shape index (κ1) is 16.0. The summed E-state index contributed by atoms with van der Waals surface area (Å²) in [6, 6.07) is 11.4. The van der Waals surface area contributed by atoms with Crippen LogP contribution >= 0.6 is 0 Å². The van der Waals surface area contributed by atoms with Crippen molar-refractivity contribution in [1.82, 2.24) is 4.98 Å². The van der Waals surface area contributed by atoms with Crippen LogP contribution in [0.25, 0.3) is 0 Å². The summed E-state index contributed by atoms with van der Waals surface area (Å²) in [7, 11) is 0. The first-order valence-electron chi connectivity index (χ1n) is 7.77.